The van der Waals surface area contributed by atoms with Crippen LogP contribution < -0.4 is 5.32 Å². The van der Waals surface area contributed by atoms with Crippen molar-refractivity contribution in [2.75, 3.05) is 6.54 Å². The molecular weight excluding hydrogens is 176 g/mol. The summed E-state index contributed by atoms with van der Waals surface area (Å²) < 4.78 is 26.3. The highest BCUT2D eigenvalue weighted by Gasteiger charge is 2.40. The maximum atomic E-state index is 13.2. The van der Waals surface area contributed by atoms with E-state index in [1.54, 1.807) is 0 Å². The molecule has 0 bridgehead atoms. The fraction of sp³-hybridized carbons (Fsp3) is 0.889. The Balaban J connectivity index is 2.41. The minimum absolute atomic E-state index is 0.0305. The first-order valence-corrected chi connectivity index (χ1v) is 4.64. The molecule has 0 aliphatic heterocycles. The number of amides is 1. The summed E-state index contributed by atoms with van der Waals surface area (Å²) >= 11 is 0. The summed E-state index contributed by atoms with van der Waals surface area (Å²) in [5.41, 5.74) is 0. The molecule has 1 aliphatic carbocycles. The first-order chi connectivity index (χ1) is 6.02. The second-order valence-electron chi connectivity index (χ2n) is 3.64. The van der Waals surface area contributed by atoms with Crippen LogP contribution in [0.25, 0.3) is 0 Å². The lowest BCUT2D eigenvalue weighted by Crippen LogP contribution is -2.40. The van der Waals surface area contributed by atoms with Crippen molar-refractivity contribution in [2.45, 2.75) is 38.5 Å². The van der Waals surface area contributed by atoms with E-state index >= 15 is 0 Å². The van der Waals surface area contributed by atoms with Gasteiger partial charge < -0.3 is 5.32 Å². The summed E-state index contributed by atoms with van der Waals surface area (Å²) in [4.78, 5) is 10.5. The fourth-order valence-electron chi connectivity index (χ4n) is 1.69. The van der Waals surface area contributed by atoms with Gasteiger partial charge in [0.05, 0.1) is 0 Å². The van der Waals surface area contributed by atoms with Crippen LogP contribution in [-0.2, 0) is 4.79 Å². The molecule has 0 heterocycles. The Morgan fingerprint density at radius 3 is 2.77 bits per heavy atom. The predicted octanol–water partition coefficient (Wildman–Crippen LogP) is 1.95. The Hall–Kier alpha value is -0.670. The number of alkyl halides is 2. The summed E-state index contributed by atoms with van der Waals surface area (Å²) in [6, 6.07) is 0. The second kappa shape index (κ2) is 4.03. The zero-order valence-corrected chi connectivity index (χ0v) is 7.78. The van der Waals surface area contributed by atoms with E-state index in [0.29, 0.717) is 12.8 Å². The van der Waals surface area contributed by atoms with E-state index in [9.17, 15) is 13.6 Å². The van der Waals surface area contributed by atoms with Crippen molar-refractivity contribution >= 4 is 5.91 Å². The van der Waals surface area contributed by atoms with Crippen LogP contribution in [0.15, 0.2) is 0 Å². The van der Waals surface area contributed by atoms with Gasteiger partial charge in [-0.1, -0.05) is 6.42 Å². The lowest BCUT2D eigenvalue weighted by molar-refractivity contribution is -0.121. The fourth-order valence-corrected chi connectivity index (χ4v) is 1.69. The number of nitrogens with one attached hydrogen (secondary N) is 1. The van der Waals surface area contributed by atoms with Crippen LogP contribution in [0.1, 0.15) is 32.6 Å². The molecule has 0 radical (unpaired) electrons. The summed E-state index contributed by atoms with van der Waals surface area (Å²) in [6.07, 6.45) is 1.94. The van der Waals surface area contributed by atoms with Gasteiger partial charge in [0, 0.05) is 25.8 Å². The number of rotatable bonds is 2. The zero-order chi connectivity index (χ0) is 9.90. The van der Waals surface area contributed by atoms with Gasteiger partial charge in [0.2, 0.25) is 5.91 Å². The highest BCUT2D eigenvalue weighted by Crippen LogP contribution is 2.37. The van der Waals surface area contributed by atoms with Crippen molar-refractivity contribution in [3.05, 3.63) is 0 Å². The third-order valence-corrected chi connectivity index (χ3v) is 2.51. The first kappa shape index (κ1) is 10.4. The summed E-state index contributed by atoms with van der Waals surface area (Å²) in [6.45, 7) is 1.46. The van der Waals surface area contributed by atoms with Crippen molar-refractivity contribution < 1.29 is 13.6 Å². The molecule has 1 amide bonds. The summed E-state index contributed by atoms with van der Waals surface area (Å²) in [5, 5.41) is 2.45. The Morgan fingerprint density at radius 1 is 1.54 bits per heavy atom. The van der Waals surface area contributed by atoms with Gasteiger partial charge in [-0.05, 0) is 12.8 Å². The Morgan fingerprint density at radius 2 is 2.23 bits per heavy atom. The van der Waals surface area contributed by atoms with Crippen LogP contribution in [0.4, 0.5) is 8.78 Å². The number of carbonyl (C=O) groups is 1. The molecule has 1 fully saturated rings. The maximum Gasteiger partial charge on any atom is 0.252 e. The van der Waals surface area contributed by atoms with Crippen molar-refractivity contribution in [1.82, 2.24) is 5.32 Å². The van der Waals surface area contributed by atoms with Crippen LogP contribution in [-0.4, -0.2) is 18.4 Å². The minimum atomic E-state index is -2.58. The number of carbonyl (C=O) groups excluding carboxylic acids is 1. The molecule has 0 aromatic carbocycles. The third-order valence-electron chi connectivity index (χ3n) is 2.51. The molecule has 76 valence electrons. The monoisotopic (exact) mass is 191 g/mol. The summed E-state index contributed by atoms with van der Waals surface area (Å²) in [5.74, 6) is -3.48. The lowest BCUT2D eigenvalue weighted by atomic mass is 9.85. The largest absolute Gasteiger partial charge is 0.356 e. The quantitative estimate of drug-likeness (QED) is 0.710. The average molecular weight is 191 g/mol. The van der Waals surface area contributed by atoms with E-state index in [1.807, 2.05) is 0 Å². The van der Waals surface area contributed by atoms with Crippen molar-refractivity contribution in [2.24, 2.45) is 5.92 Å². The highest BCUT2D eigenvalue weighted by atomic mass is 19.3. The first-order valence-electron chi connectivity index (χ1n) is 4.64. The zero-order valence-electron chi connectivity index (χ0n) is 7.78. The van der Waals surface area contributed by atoms with Crippen LogP contribution in [0.2, 0.25) is 0 Å². The van der Waals surface area contributed by atoms with E-state index in [2.05, 4.69) is 5.32 Å². The van der Waals surface area contributed by atoms with Crippen molar-refractivity contribution in [1.29, 1.82) is 0 Å². The van der Waals surface area contributed by atoms with Gasteiger partial charge in [0.1, 0.15) is 0 Å². The lowest BCUT2D eigenvalue weighted by Gasteiger charge is -2.31. The maximum absolute atomic E-state index is 13.2. The molecule has 4 heteroatoms. The van der Waals surface area contributed by atoms with Gasteiger partial charge in [-0.25, -0.2) is 8.78 Å². The van der Waals surface area contributed by atoms with E-state index in [0.717, 1.165) is 6.42 Å². The molecule has 13 heavy (non-hydrogen) atoms. The van der Waals surface area contributed by atoms with Crippen LogP contribution in [0.3, 0.4) is 0 Å². The van der Waals surface area contributed by atoms with Gasteiger partial charge in [-0.15, -0.1) is 0 Å². The molecule has 1 saturated carbocycles. The summed E-state index contributed by atoms with van der Waals surface area (Å²) in [7, 11) is 0. The molecule has 0 saturated heterocycles. The van der Waals surface area contributed by atoms with E-state index in [-0.39, 0.29) is 18.9 Å². The van der Waals surface area contributed by atoms with Gasteiger partial charge in [-0.2, -0.15) is 0 Å². The Bertz CT molecular complexity index is 194. The normalized spacial score (nSPS) is 26.8. The average Bonchev–Trinajstić information content (AvgIpc) is 2.01. The second-order valence-corrected chi connectivity index (χ2v) is 3.64. The number of hydrogen-bond donors (Lipinski definition) is 1. The Labute approximate surface area is 76.7 Å². The standard InChI is InChI=1S/C9H15F2NO/c1-7(13)12-6-8-4-2-3-5-9(8,10)11/h8H,2-6H2,1H3,(H,12,13). The molecule has 1 aliphatic rings. The van der Waals surface area contributed by atoms with Gasteiger partial charge in [-0.3, -0.25) is 4.79 Å². The molecule has 1 atom stereocenters. The predicted molar refractivity (Wildman–Crippen MR) is 45.6 cm³/mol. The van der Waals surface area contributed by atoms with E-state index < -0.39 is 11.8 Å². The SMILES string of the molecule is CC(=O)NCC1CCCCC1(F)F. The van der Waals surface area contributed by atoms with Crippen LogP contribution in [0.5, 0.6) is 0 Å². The molecule has 2 nitrogen and oxygen atoms in total. The van der Waals surface area contributed by atoms with E-state index in [4.69, 9.17) is 0 Å². The Kier molecular flexibility index (Phi) is 3.22. The molecule has 0 aromatic rings. The van der Waals surface area contributed by atoms with E-state index in [1.165, 1.54) is 6.92 Å². The van der Waals surface area contributed by atoms with Crippen LogP contribution >= 0.6 is 0 Å². The van der Waals surface area contributed by atoms with Crippen molar-refractivity contribution in [3.8, 4) is 0 Å². The van der Waals surface area contributed by atoms with Crippen LogP contribution in [0, 0.1) is 5.92 Å². The van der Waals surface area contributed by atoms with Gasteiger partial charge in [0.15, 0.2) is 0 Å². The molecule has 0 aromatic heterocycles. The minimum Gasteiger partial charge on any atom is -0.356 e. The molecule has 1 rings (SSSR count). The molecule has 1 N–H and O–H groups in total. The van der Waals surface area contributed by atoms with Crippen molar-refractivity contribution in [3.63, 3.8) is 0 Å². The third kappa shape index (κ3) is 2.94. The van der Waals surface area contributed by atoms with Gasteiger partial charge >= 0.3 is 0 Å². The highest BCUT2D eigenvalue weighted by molar-refractivity contribution is 5.72. The number of halogens is 2. The molecule has 0 spiro atoms. The smallest absolute Gasteiger partial charge is 0.252 e. The molecular formula is C9H15F2NO. The van der Waals surface area contributed by atoms with Gasteiger partial charge in [0.25, 0.3) is 5.92 Å². The molecule has 1 unspecified atom stereocenters. The topological polar surface area (TPSA) is 29.1 Å². The number of hydrogen-bond acceptors (Lipinski definition) is 1.